The molecule has 0 aliphatic carbocycles. The Balaban J connectivity index is 2.03. The van der Waals surface area contributed by atoms with E-state index in [9.17, 15) is 0 Å². The summed E-state index contributed by atoms with van der Waals surface area (Å²) in [7, 11) is 2.15. The summed E-state index contributed by atoms with van der Waals surface area (Å²) in [5.41, 5.74) is 5.46. The van der Waals surface area contributed by atoms with Gasteiger partial charge in [0.2, 0.25) is 0 Å². The molecule has 0 aromatic rings. The summed E-state index contributed by atoms with van der Waals surface area (Å²) >= 11 is 0. The van der Waals surface area contributed by atoms with Crippen molar-refractivity contribution in [3.8, 4) is 0 Å². The molecule has 1 spiro atoms. The van der Waals surface area contributed by atoms with E-state index < -0.39 is 0 Å². The van der Waals surface area contributed by atoms with Crippen molar-refractivity contribution in [1.29, 1.82) is 0 Å². The molecule has 1 saturated heterocycles. The fourth-order valence-electron chi connectivity index (χ4n) is 2.14. The number of likely N-dealkylation sites (tertiary alicyclic amines) is 1. The van der Waals surface area contributed by atoms with Gasteiger partial charge in [-0.1, -0.05) is 0 Å². The van der Waals surface area contributed by atoms with E-state index in [0.29, 0.717) is 12.1 Å². The van der Waals surface area contributed by atoms with Crippen LogP contribution in [0.4, 0.5) is 0 Å². The molecule has 13 heavy (non-hydrogen) atoms. The van der Waals surface area contributed by atoms with E-state index in [4.69, 9.17) is 10.5 Å². The highest BCUT2D eigenvalue weighted by Crippen LogP contribution is 2.32. The first kappa shape index (κ1) is 8.81. The molecule has 2 heterocycles. The van der Waals surface area contributed by atoms with Gasteiger partial charge in [0, 0.05) is 25.4 Å². The average Bonchev–Trinajstić information content (AvgIpc) is 2.42. The van der Waals surface area contributed by atoms with Gasteiger partial charge in [-0.25, -0.2) is 4.99 Å². The van der Waals surface area contributed by atoms with Crippen molar-refractivity contribution in [2.45, 2.75) is 31.4 Å². The monoisotopic (exact) mass is 183 g/mol. The summed E-state index contributed by atoms with van der Waals surface area (Å²) in [4.78, 5) is 6.48. The minimum Gasteiger partial charge on any atom is -0.457 e. The molecule has 0 radical (unpaired) electrons. The van der Waals surface area contributed by atoms with Gasteiger partial charge in [-0.05, 0) is 14.0 Å². The molecule has 2 aliphatic heterocycles. The van der Waals surface area contributed by atoms with Crippen LogP contribution in [0.2, 0.25) is 0 Å². The molecule has 2 unspecified atom stereocenters. The molecule has 0 saturated carbocycles. The van der Waals surface area contributed by atoms with Crippen molar-refractivity contribution in [1.82, 2.24) is 4.90 Å². The van der Waals surface area contributed by atoms with E-state index >= 15 is 0 Å². The fraction of sp³-hybridized carbons (Fsp3) is 0.889. The lowest BCUT2D eigenvalue weighted by molar-refractivity contribution is -0.00312. The van der Waals surface area contributed by atoms with Gasteiger partial charge in [-0.2, -0.15) is 0 Å². The number of amidine groups is 1. The zero-order chi connectivity index (χ0) is 9.47. The van der Waals surface area contributed by atoms with Crippen molar-refractivity contribution in [3.63, 3.8) is 0 Å². The fourth-order valence-corrected chi connectivity index (χ4v) is 2.14. The number of hydrogen-bond acceptors (Lipinski definition) is 4. The van der Waals surface area contributed by atoms with Crippen LogP contribution in [-0.4, -0.2) is 42.7 Å². The first-order chi connectivity index (χ1) is 6.11. The van der Waals surface area contributed by atoms with Crippen LogP contribution in [0.25, 0.3) is 0 Å². The van der Waals surface area contributed by atoms with Gasteiger partial charge in [0.25, 0.3) is 6.02 Å². The molecule has 2 atom stereocenters. The summed E-state index contributed by atoms with van der Waals surface area (Å²) in [5, 5.41) is 0. The highest BCUT2D eigenvalue weighted by atomic mass is 16.5. The summed E-state index contributed by atoms with van der Waals surface area (Å²) in [6, 6.07) is 0.937. The Morgan fingerprint density at radius 3 is 3.00 bits per heavy atom. The first-order valence-corrected chi connectivity index (χ1v) is 4.80. The summed E-state index contributed by atoms with van der Waals surface area (Å²) in [6.45, 7) is 4.04. The van der Waals surface area contributed by atoms with Crippen LogP contribution in [0.15, 0.2) is 4.99 Å². The van der Waals surface area contributed by atoms with Crippen LogP contribution in [-0.2, 0) is 4.74 Å². The molecule has 2 rings (SSSR count). The highest BCUT2D eigenvalue weighted by Gasteiger charge is 2.42. The predicted molar refractivity (Wildman–Crippen MR) is 51.6 cm³/mol. The average molecular weight is 183 g/mol. The summed E-state index contributed by atoms with van der Waals surface area (Å²) in [6.07, 6.45) is 2.08. The second-order valence-electron chi connectivity index (χ2n) is 4.22. The molecule has 4 nitrogen and oxygen atoms in total. The van der Waals surface area contributed by atoms with E-state index in [0.717, 1.165) is 25.9 Å². The lowest BCUT2D eigenvalue weighted by Crippen LogP contribution is -2.49. The Labute approximate surface area is 78.8 Å². The molecular weight excluding hydrogens is 166 g/mol. The van der Waals surface area contributed by atoms with Crippen LogP contribution < -0.4 is 5.73 Å². The Hall–Kier alpha value is -0.770. The number of rotatable bonds is 0. The third-order valence-corrected chi connectivity index (χ3v) is 3.18. The third kappa shape index (κ3) is 1.50. The normalized spacial score (nSPS) is 40.5. The first-order valence-electron chi connectivity index (χ1n) is 4.80. The van der Waals surface area contributed by atoms with Gasteiger partial charge < -0.3 is 15.4 Å². The van der Waals surface area contributed by atoms with Gasteiger partial charge in [0.1, 0.15) is 5.60 Å². The van der Waals surface area contributed by atoms with Crippen LogP contribution in [0.3, 0.4) is 0 Å². The SMILES string of the molecule is CC1CC2(CCN1C)CN=C(N)O2. The molecule has 74 valence electrons. The van der Waals surface area contributed by atoms with E-state index in [1.54, 1.807) is 0 Å². The predicted octanol–water partition coefficient (Wildman–Crippen LogP) is 0.184. The lowest BCUT2D eigenvalue weighted by Gasteiger charge is -2.40. The van der Waals surface area contributed by atoms with Crippen LogP contribution in [0.5, 0.6) is 0 Å². The number of nitrogens with two attached hydrogens (primary N) is 1. The highest BCUT2D eigenvalue weighted by molar-refractivity contribution is 5.73. The van der Waals surface area contributed by atoms with E-state index in [1.807, 2.05) is 0 Å². The van der Waals surface area contributed by atoms with Crippen molar-refractivity contribution in [2.24, 2.45) is 10.7 Å². The number of ether oxygens (including phenoxy) is 1. The minimum atomic E-state index is -0.0734. The number of piperidine rings is 1. The molecule has 4 heteroatoms. The molecule has 0 aromatic heterocycles. The Morgan fingerprint density at radius 2 is 2.46 bits per heavy atom. The maximum absolute atomic E-state index is 5.61. The lowest BCUT2D eigenvalue weighted by atomic mass is 9.87. The number of hydrogen-bond donors (Lipinski definition) is 1. The Bertz CT molecular complexity index is 241. The van der Waals surface area contributed by atoms with Gasteiger partial charge in [-0.15, -0.1) is 0 Å². The standard InChI is InChI=1S/C9H17N3O/c1-7-5-9(3-4-12(7)2)6-11-8(10)13-9/h7H,3-6H2,1-2H3,(H2,10,11). The van der Waals surface area contributed by atoms with Gasteiger partial charge >= 0.3 is 0 Å². The molecule has 0 amide bonds. The molecule has 0 bridgehead atoms. The minimum absolute atomic E-state index is 0.0734. The van der Waals surface area contributed by atoms with Gasteiger partial charge in [0.15, 0.2) is 0 Å². The molecule has 2 N–H and O–H groups in total. The largest absolute Gasteiger partial charge is 0.457 e. The second-order valence-corrected chi connectivity index (χ2v) is 4.22. The van der Waals surface area contributed by atoms with Crippen molar-refractivity contribution < 1.29 is 4.74 Å². The number of aliphatic imine (C=N–C) groups is 1. The maximum atomic E-state index is 5.61. The van der Waals surface area contributed by atoms with E-state index in [-0.39, 0.29) is 5.60 Å². The third-order valence-electron chi connectivity index (χ3n) is 3.18. The topological polar surface area (TPSA) is 50.8 Å². The van der Waals surface area contributed by atoms with Crippen molar-refractivity contribution >= 4 is 6.02 Å². The second kappa shape index (κ2) is 2.87. The summed E-state index contributed by atoms with van der Waals surface area (Å²) in [5.74, 6) is 0. The Kier molecular flexibility index (Phi) is 1.95. The van der Waals surface area contributed by atoms with Crippen LogP contribution >= 0.6 is 0 Å². The van der Waals surface area contributed by atoms with Gasteiger partial charge in [0.05, 0.1) is 6.54 Å². The summed E-state index contributed by atoms with van der Waals surface area (Å²) < 4.78 is 5.61. The van der Waals surface area contributed by atoms with Gasteiger partial charge in [-0.3, -0.25) is 0 Å². The van der Waals surface area contributed by atoms with E-state index in [1.165, 1.54) is 0 Å². The number of nitrogens with zero attached hydrogens (tertiary/aromatic N) is 2. The Morgan fingerprint density at radius 1 is 1.69 bits per heavy atom. The van der Waals surface area contributed by atoms with Crippen molar-refractivity contribution in [2.75, 3.05) is 20.1 Å². The molecule has 2 aliphatic rings. The smallest absolute Gasteiger partial charge is 0.282 e. The zero-order valence-corrected chi connectivity index (χ0v) is 8.29. The maximum Gasteiger partial charge on any atom is 0.282 e. The zero-order valence-electron chi connectivity index (χ0n) is 8.29. The van der Waals surface area contributed by atoms with Crippen LogP contribution in [0.1, 0.15) is 19.8 Å². The van der Waals surface area contributed by atoms with E-state index in [2.05, 4.69) is 23.9 Å². The van der Waals surface area contributed by atoms with Crippen molar-refractivity contribution in [3.05, 3.63) is 0 Å². The molecule has 0 aromatic carbocycles. The molecule has 1 fully saturated rings. The quantitative estimate of drug-likeness (QED) is 0.583. The molecular formula is C9H17N3O. The van der Waals surface area contributed by atoms with Crippen LogP contribution in [0, 0.1) is 0 Å².